The van der Waals surface area contributed by atoms with Gasteiger partial charge in [-0.25, -0.2) is 8.42 Å². The summed E-state index contributed by atoms with van der Waals surface area (Å²) in [4.78, 5) is 0.393. The quantitative estimate of drug-likeness (QED) is 0.785. The molecule has 1 aromatic carbocycles. The standard InChI is InChI=1S/C23H28O4S/c1-15-3-5-19(6-4-15)28(25,26)14-17-8-10-22-12-18(24)11-20-16(2)7-9-23(20,27-22)13-21(17)22/h3-6,13,17-18,20,24H,2,7-12,14H2,1H3/t17-,18-,20+,22+,23+/m0/s1. The molecule has 5 rings (SSSR count). The zero-order valence-corrected chi connectivity index (χ0v) is 17.2. The third kappa shape index (κ3) is 2.66. The van der Waals surface area contributed by atoms with Gasteiger partial charge in [-0.1, -0.05) is 29.8 Å². The molecule has 0 amide bonds. The van der Waals surface area contributed by atoms with E-state index in [-0.39, 0.29) is 23.2 Å². The second-order valence-electron chi connectivity index (χ2n) is 9.29. The van der Waals surface area contributed by atoms with Crippen LogP contribution in [0.5, 0.6) is 0 Å². The number of aryl methyl sites for hydroxylation is 1. The van der Waals surface area contributed by atoms with E-state index in [0.717, 1.165) is 42.4 Å². The second kappa shape index (κ2) is 6.04. The molecule has 4 nitrogen and oxygen atoms in total. The van der Waals surface area contributed by atoms with Crippen molar-refractivity contribution in [2.24, 2.45) is 11.8 Å². The highest BCUT2D eigenvalue weighted by molar-refractivity contribution is 7.91. The van der Waals surface area contributed by atoms with Gasteiger partial charge in [-0.3, -0.25) is 0 Å². The Morgan fingerprint density at radius 1 is 1.25 bits per heavy atom. The summed E-state index contributed by atoms with van der Waals surface area (Å²) < 4.78 is 32.9. The second-order valence-corrected chi connectivity index (χ2v) is 11.3. The lowest BCUT2D eigenvalue weighted by atomic mass is 9.79. The van der Waals surface area contributed by atoms with Gasteiger partial charge in [0.15, 0.2) is 9.84 Å². The molecular formula is C23H28O4S. The first-order valence-corrected chi connectivity index (χ1v) is 12.0. The predicted octanol–water partition coefficient (Wildman–Crippen LogP) is 3.73. The first-order chi connectivity index (χ1) is 13.2. The number of hydrogen-bond donors (Lipinski definition) is 1. The molecule has 0 radical (unpaired) electrons. The van der Waals surface area contributed by atoms with Crippen molar-refractivity contribution < 1.29 is 18.3 Å². The van der Waals surface area contributed by atoms with E-state index in [1.54, 1.807) is 12.1 Å². The van der Waals surface area contributed by atoms with Gasteiger partial charge in [0.1, 0.15) is 0 Å². The highest BCUT2D eigenvalue weighted by Gasteiger charge is 2.62. The fourth-order valence-electron chi connectivity index (χ4n) is 6.08. The fourth-order valence-corrected chi connectivity index (χ4v) is 7.70. The normalized spacial score (nSPS) is 39.4. The van der Waals surface area contributed by atoms with Gasteiger partial charge in [0.2, 0.25) is 0 Å². The highest BCUT2D eigenvalue weighted by atomic mass is 32.2. The number of aliphatic hydroxyl groups excluding tert-OH is 1. The summed E-state index contributed by atoms with van der Waals surface area (Å²) >= 11 is 0. The van der Waals surface area contributed by atoms with Crippen LogP contribution in [0.25, 0.3) is 0 Å². The van der Waals surface area contributed by atoms with E-state index in [9.17, 15) is 13.5 Å². The van der Waals surface area contributed by atoms with Gasteiger partial charge in [0, 0.05) is 12.3 Å². The van der Waals surface area contributed by atoms with Crippen molar-refractivity contribution in [1.29, 1.82) is 0 Å². The van der Waals surface area contributed by atoms with Crippen LogP contribution in [-0.2, 0) is 14.6 Å². The SMILES string of the molecule is C=C1CC[C@@]23C=C4[C@H](CS(=O)(=O)c5ccc(C)cc5)CC[C@]4(C[C@@H](O)C[C@H]12)O3. The number of benzene rings is 1. The summed E-state index contributed by atoms with van der Waals surface area (Å²) in [5, 5.41) is 10.7. The average molecular weight is 401 g/mol. The molecule has 5 heteroatoms. The van der Waals surface area contributed by atoms with Crippen LogP contribution in [0.2, 0.25) is 0 Å². The lowest BCUT2D eigenvalue weighted by molar-refractivity contribution is -0.0988. The van der Waals surface area contributed by atoms with E-state index in [1.807, 2.05) is 19.1 Å². The summed E-state index contributed by atoms with van der Waals surface area (Å²) in [5.41, 5.74) is 2.48. The van der Waals surface area contributed by atoms with Crippen molar-refractivity contribution >= 4 is 9.84 Å². The summed E-state index contributed by atoms with van der Waals surface area (Å²) in [5.74, 6) is 0.227. The summed E-state index contributed by atoms with van der Waals surface area (Å²) in [7, 11) is -3.37. The van der Waals surface area contributed by atoms with Crippen LogP contribution in [0, 0.1) is 18.8 Å². The maximum atomic E-state index is 13.1. The van der Waals surface area contributed by atoms with Crippen molar-refractivity contribution in [3.8, 4) is 0 Å². The van der Waals surface area contributed by atoms with Gasteiger partial charge in [0.25, 0.3) is 0 Å². The maximum Gasteiger partial charge on any atom is 0.178 e. The van der Waals surface area contributed by atoms with Crippen LogP contribution >= 0.6 is 0 Å². The molecule has 150 valence electrons. The molecular weight excluding hydrogens is 372 g/mol. The van der Waals surface area contributed by atoms with Crippen LogP contribution in [0.4, 0.5) is 0 Å². The van der Waals surface area contributed by atoms with Crippen molar-refractivity contribution in [2.45, 2.75) is 67.7 Å². The van der Waals surface area contributed by atoms with Gasteiger partial charge in [0.05, 0.1) is 28.0 Å². The van der Waals surface area contributed by atoms with E-state index in [2.05, 4.69) is 12.7 Å². The molecule has 2 saturated carbocycles. The van der Waals surface area contributed by atoms with E-state index < -0.39 is 21.5 Å². The minimum Gasteiger partial charge on any atom is -0.393 e. The first-order valence-electron chi connectivity index (χ1n) is 10.3. The molecule has 3 fully saturated rings. The van der Waals surface area contributed by atoms with Crippen molar-refractivity contribution in [2.75, 3.05) is 5.75 Å². The fraction of sp³-hybridized carbons (Fsp3) is 0.565. The number of aliphatic hydroxyl groups is 1. The Morgan fingerprint density at radius 3 is 2.75 bits per heavy atom. The zero-order chi connectivity index (χ0) is 19.7. The molecule has 4 aliphatic rings. The number of hydrogen-bond acceptors (Lipinski definition) is 4. The zero-order valence-electron chi connectivity index (χ0n) is 16.4. The molecule has 0 unspecified atom stereocenters. The lowest BCUT2D eigenvalue weighted by Gasteiger charge is -2.33. The van der Waals surface area contributed by atoms with Crippen molar-refractivity contribution in [3.05, 3.63) is 53.6 Å². The van der Waals surface area contributed by atoms with Crippen LogP contribution in [0.1, 0.15) is 44.1 Å². The van der Waals surface area contributed by atoms with Crippen molar-refractivity contribution in [3.63, 3.8) is 0 Å². The van der Waals surface area contributed by atoms with Gasteiger partial charge in [-0.2, -0.15) is 0 Å². The average Bonchev–Trinajstić information content (AvgIpc) is 3.17. The van der Waals surface area contributed by atoms with Crippen LogP contribution in [-0.4, -0.2) is 36.6 Å². The van der Waals surface area contributed by atoms with Gasteiger partial charge < -0.3 is 9.84 Å². The summed E-state index contributed by atoms with van der Waals surface area (Å²) in [6.07, 6.45) is 6.52. The smallest absolute Gasteiger partial charge is 0.178 e. The Morgan fingerprint density at radius 2 is 2.00 bits per heavy atom. The predicted molar refractivity (Wildman–Crippen MR) is 108 cm³/mol. The van der Waals surface area contributed by atoms with E-state index in [4.69, 9.17) is 4.74 Å². The molecule has 5 atom stereocenters. The molecule has 1 N–H and O–H groups in total. The van der Waals surface area contributed by atoms with Crippen LogP contribution < -0.4 is 0 Å². The molecule has 1 saturated heterocycles. The van der Waals surface area contributed by atoms with Crippen LogP contribution in [0.15, 0.2) is 53.0 Å². The molecule has 2 aliphatic heterocycles. The summed E-state index contributed by atoms with van der Waals surface area (Å²) in [6.45, 7) is 6.18. The topological polar surface area (TPSA) is 63.6 Å². The van der Waals surface area contributed by atoms with Gasteiger partial charge >= 0.3 is 0 Å². The van der Waals surface area contributed by atoms with E-state index in [0.29, 0.717) is 17.7 Å². The Hall–Kier alpha value is -1.43. The largest absolute Gasteiger partial charge is 0.393 e. The molecule has 2 spiro atoms. The minimum atomic E-state index is -3.37. The molecule has 0 aromatic heterocycles. The molecule has 2 heterocycles. The van der Waals surface area contributed by atoms with E-state index >= 15 is 0 Å². The molecule has 2 aliphatic carbocycles. The van der Waals surface area contributed by atoms with Crippen LogP contribution in [0.3, 0.4) is 0 Å². The lowest BCUT2D eigenvalue weighted by Crippen LogP contribution is -2.37. The Labute approximate surface area is 167 Å². The third-order valence-electron chi connectivity index (χ3n) is 7.44. The monoisotopic (exact) mass is 400 g/mol. The first kappa shape index (κ1) is 18.6. The molecule has 2 bridgehead atoms. The summed E-state index contributed by atoms with van der Waals surface area (Å²) in [6, 6.07) is 7.11. The Balaban J connectivity index is 1.49. The maximum absolute atomic E-state index is 13.1. The molecule has 1 aromatic rings. The number of rotatable bonds is 3. The van der Waals surface area contributed by atoms with Gasteiger partial charge in [-0.15, -0.1) is 0 Å². The minimum absolute atomic E-state index is 0.0366. The Bertz CT molecular complexity index is 961. The number of ether oxygens (including phenoxy) is 1. The number of sulfone groups is 1. The van der Waals surface area contributed by atoms with E-state index in [1.165, 1.54) is 0 Å². The Kier molecular flexibility index (Phi) is 4.01. The third-order valence-corrected chi connectivity index (χ3v) is 9.27. The highest BCUT2D eigenvalue weighted by Crippen LogP contribution is 2.61. The molecule has 28 heavy (non-hydrogen) atoms. The van der Waals surface area contributed by atoms with Crippen molar-refractivity contribution in [1.82, 2.24) is 0 Å². The van der Waals surface area contributed by atoms with Gasteiger partial charge in [-0.05, 0) is 68.7 Å².